The van der Waals surface area contributed by atoms with E-state index in [0.717, 1.165) is 36.8 Å². The molecule has 1 heterocycles. The van der Waals surface area contributed by atoms with Gasteiger partial charge < -0.3 is 5.32 Å². The van der Waals surface area contributed by atoms with E-state index in [4.69, 9.17) is 11.6 Å². The summed E-state index contributed by atoms with van der Waals surface area (Å²) in [5, 5.41) is 3.91. The number of pyridine rings is 1. The molecule has 0 unspecified atom stereocenters. The van der Waals surface area contributed by atoms with Crippen molar-refractivity contribution in [3.05, 3.63) is 64.9 Å². The Bertz CT molecular complexity index is 636. The summed E-state index contributed by atoms with van der Waals surface area (Å²) in [6.45, 7) is 0. The number of hydrogen-bond acceptors (Lipinski definition) is 2. The van der Waals surface area contributed by atoms with Crippen molar-refractivity contribution in [2.75, 3.05) is 0 Å². The summed E-state index contributed by atoms with van der Waals surface area (Å²) < 4.78 is 0. The Morgan fingerprint density at radius 3 is 2.48 bits per heavy atom. The third kappa shape index (κ3) is 4.11. The highest BCUT2D eigenvalue weighted by molar-refractivity contribution is 6.30. The molecule has 1 aliphatic rings. The first-order valence-electron chi connectivity index (χ1n) is 8.20. The first-order valence-corrected chi connectivity index (χ1v) is 8.57. The molecule has 0 saturated heterocycles. The molecule has 0 bridgehead atoms. The quantitative estimate of drug-likeness (QED) is 0.896. The number of rotatable bonds is 4. The van der Waals surface area contributed by atoms with Gasteiger partial charge in [0.25, 0.3) is 0 Å². The van der Waals surface area contributed by atoms with Crippen molar-refractivity contribution in [1.29, 1.82) is 0 Å². The van der Waals surface area contributed by atoms with Crippen LogP contribution in [0.4, 0.5) is 0 Å². The molecule has 0 radical (unpaired) electrons. The standard InChI is InChI=1S/C19H21ClN2O/c20-17-10-8-14(9-11-17)18(16-7-4-12-21-13-16)22-19(23)15-5-2-1-3-6-15/h4,7-13,15,18H,1-3,5-6H2,(H,22,23)/t18-/m1/s1. The van der Waals surface area contributed by atoms with E-state index in [-0.39, 0.29) is 17.9 Å². The monoisotopic (exact) mass is 328 g/mol. The van der Waals surface area contributed by atoms with E-state index in [1.165, 1.54) is 6.42 Å². The molecule has 2 aromatic rings. The molecular formula is C19H21ClN2O. The van der Waals surface area contributed by atoms with E-state index < -0.39 is 0 Å². The summed E-state index contributed by atoms with van der Waals surface area (Å²) in [4.78, 5) is 16.9. The van der Waals surface area contributed by atoms with Gasteiger partial charge in [0.2, 0.25) is 5.91 Å². The molecule has 1 saturated carbocycles. The van der Waals surface area contributed by atoms with Gasteiger partial charge in [-0.1, -0.05) is 49.1 Å². The van der Waals surface area contributed by atoms with Crippen LogP contribution in [-0.4, -0.2) is 10.9 Å². The van der Waals surface area contributed by atoms with Gasteiger partial charge in [0.1, 0.15) is 0 Å². The molecule has 1 aromatic heterocycles. The van der Waals surface area contributed by atoms with Crippen molar-refractivity contribution in [3.8, 4) is 0 Å². The average Bonchev–Trinajstić information content (AvgIpc) is 2.62. The van der Waals surface area contributed by atoms with Gasteiger partial charge in [-0.05, 0) is 42.2 Å². The van der Waals surface area contributed by atoms with Crippen LogP contribution in [0.15, 0.2) is 48.8 Å². The van der Waals surface area contributed by atoms with Crippen LogP contribution in [0.2, 0.25) is 5.02 Å². The number of benzene rings is 1. The van der Waals surface area contributed by atoms with Gasteiger partial charge in [0, 0.05) is 23.3 Å². The van der Waals surface area contributed by atoms with Crippen molar-refractivity contribution in [1.82, 2.24) is 10.3 Å². The number of carbonyl (C=O) groups is 1. The van der Waals surface area contributed by atoms with Crippen LogP contribution in [0.5, 0.6) is 0 Å². The fourth-order valence-corrected chi connectivity index (χ4v) is 3.31. The predicted octanol–water partition coefficient (Wildman–Crippen LogP) is 4.52. The Morgan fingerprint density at radius 1 is 1.09 bits per heavy atom. The van der Waals surface area contributed by atoms with Crippen LogP contribution in [-0.2, 0) is 4.79 Å². The van der Waals surface area contributed by atoms with Crippen molar-refractivity contribution in [3.63, 3.8) is 0 Å². The topological polar surface area (TPSA) is 42.0 Å². The minimum atomic E-state index is -0.185. The lowest BCUT2D eigenvalue weighted by atomic mass is 9.88. The van der Waals surface area contributed by atoms with Gasteiger partial charge >= 0.3 is 0 Å². The van der Waals surface area contributed by atoms with Crippen molar-refractivity contribution in [2.24, 2.45) is 5.92 Å². The second-order valence-corrected chi connectivity index (χ2v) is 6.55. The fourth-order valence-electron chi connectivity index (χ4n) is 3.19. The summed E-state index contributed by atoms with van der Waals surface area (Å²) in [6, 6.07) is 11.3. The fraction of sp³-hybridized carbons (Fsp3) is 0.368. The number of amides is 1. The molecule has 1 fully saturated rings. The number of aromatic nitrogens is 1. The summed E-state index contributed by atoms with van der Waals surface area (Å²) in [5.74, 6) is 0.281. The van der Waals surface area contributed by atoms with E-state index in [0.29, 0.717) is 5.02 Å². The van der Waals surface area contributed by atoms with Gasteiger partial charge in [-0.2, -0.15) is 0 Å². The molecule has 120 valence electrons. The van der Waals surface area contributed by atoms with Crippen molar-refractivity contribution < 1.29 is 4.79 Å². The molecule has 1 aromatic carbocycles. The Hall–Kier alpha value is -1.87. The third-order valence-corrected chi connectivity index (χ3v) is 4.74. The average molecular weight is 329 g/mol. The Labute approximate surface area is 142 Å². The van der Waals surface area contributed by atoms with Crippen molar-refractivity contribution >= 4 is 17.5 Å². The predicted molar refractivity (Wildman–Crippen MR) is 92.2 cm³/mol. The molecule has 0 spiro atoms. The molecule has 3 nitrogen and oxygen atoms in total. The Kier molecular flexibility index (Phi) is 5.29. The maximum Gasteiger partial charge on any atom is 0.223 e. The number of nitrogens with zero attached hydrogens (tertiary/aromatic N) is 1. The third-order valence-electron chi connectivity index (χ3n) is 4.48. The normalized spacial score (nSPS) is 16.7. The molecule has 4 heteroatoms. The lowest BCUT2D eigenvalue weighted by Gasteiger charge is -2.25. The SMILES string of the molecule is O=C(N[C@H](c1ccc(Cl)cc1)c1cccnc1)C1CCCCC1. The lowest BCUT2D eigenvalue weighted by Crippen LogP contribution is -2.35. The second kappa shape index (κ2) is 7.60. The van der Waals surface area contributed by atoms with E-state index in [2.05, 4.69) is 10.3 Å². The van der Waals surface area contributed by atoms with Gasteiger partial charge in [-0.3, -0.25) is 9.78 Å². The molecule has 1 N–H and O–H groups in total. The molecule has 1 aliphatic carbocycles. The summed E-state index contributed by atoms with van der Waals surface area (Å²) in [7, 11) is 0. The number of hydrogen-bond donors (Lipinski definition) is 1. The van der Waals surface area contributed by atoms with E-state index >= 15 is 0 Å². The first-order chi connectivity index (χ1) is 11.2. The maximum atomic E-state index is 12.7. The van der Waals surface area contributed by atoms with Gasteiger partial charge in [0.15, 0.2) is 0 Å². The zero-order valence-electron chi connectivity index (χ0n) is 13.0. The minimum absolute atomic E-state index is 0.134. The highest BCUT2D eigenvalue weighted by Gasteiger charge is 2.24. The van der Waals surface area contributed by atoms with Crippen molar-refractivity contribution in [2.45, 2.75) is 38.1 Å². The van der Waals surface area contributed by atoms with Gasteiger partial charge in [-0.25, -0.2) is 0 Å². The van der Waals surface area contributed by atoms with Crippen LogP contribution in [0.1, 0.15) is 49.3 Å². The second-order valence-electron chi connectivity index (χ2n) is 6.11. The summed E-state index contributed by atoms with van der Waals surface area (Å²) in [6.07, 6.45) is 9.07. The molecule has 3 rings (SSSR count). The summed E-state index contributed by atoms with van der Waals surface area (Å²) >= 11 is 5.99. The van der Waals surface area contributed by atoms with Crippen LogP contribution in [0, 0.1) is 5.92 Å². The van der Waals surface area contributed by atoms with E-state index in [1.54, 1.807) is 12.4 Å². The Balaban J connectivity index is 1.83. The molecule has 0 aliphatic heterocycles. The number of carbonyl (C=O) groups excluding carboxylic acids is 1. The molecule has 23 heavy (non-hydrogen) atoms. The number of nitrogens with one attached hydrogen (secondary N) is 1. The zero-order valence-corrected chi connectivity index (χ0v) is 13.8. The van der Waals surface area contributed by atoms with E-state index in [1.807, 2.05) is 36.4 Å². The molecule has 1 amide bonds. The van der Waals surface area contributed by atoms with E-state index in [9.17, 15) is 4.79 Å². The number of halogens is 1. The molecule has 1 atom stereocenters. The zero-order chi connectivity index (χ0) is 16.1. The van der Waals surface area contributed by atoms with Crippen LogP contribution in [0.3, 0.4) is 0 Å². The first kappa shape index (κ1) is 16.0. The van der Waals surface area contributed by atoms with Gasteiger partial charge in [0.05, 0.1) is 6.04 Å². The van der Waals surface area contributed by atoms with Gasteiger partial charge in [-0.15, -0.1) is 0 Å². The lowest BCUT2D eigenvalue weighted by molar-refractivity contribution is -0.126. The highest BCUT2D eigenvalue weighted by atomic mass is 35.5. The maximum absolute atomic E-state index is 12.7. The smallest absolute Gasteiger partial charge is 0.223 e. The largest absolute Gasteiger partial charge is 0.345 e. The van der Waals surface area contributed by atoms with Crippen LogP contribution < -0.4 is 5.32 Å². The van der Waals surface area contributed by atoms with Crippen LogP contribution >= 0.6 is 11.6 Å². The van der Waals surface area contributed by atoms with Crippen LogP contribution in [0.25, 0.3) is 0 Å². The minimum Gasteiger partial charge on any atom is -0.345 e. The summed E-state index contributed by atoms with van der Waals surface area (Å²) in [5.41, 5.74) is 2.01. The molecular weight excluding hydrogens is 308 g/mol. The highest BCUT2D eigenvalue weighted by Crippen LogP contribution is 2.27. The Morgan fingerprint density at radius 2 is 1.83 bits per heavy atom.